The van der Waals surface area contributed by atoms with Gasteiger partial charge in [-0.25, -0.2) is 9.97 Å². The molecule has 0 aliphatic carbocycles. The number of anilines is 1. The van der Waals surface area contributed by atoms with Crippen LogP contribution in [0.25, 0.3) is 0 Å². The highest BCUT2D eigenvalue weighted by Crippen LogP contribution is 2.14. The summed E-state index contributed by atoms with van der Waals surface area (Å²) in [5, 5.41) is 8.90. The van der Waals surface area contributed by atoms with E-state index in [0.29, 0.717) is 11.5 Å². The lowest BCUT2D eigenvalue weighted by atomic mass is 10.3. The fraction of sp³-hybridized carbons (Fsp3) is 0.583. The van der Waals surface area contributed by atoms with E-state index < -0.39 is 0 Å². The van der Waals surface area contributed by atoms with Crippen LogP contribution in [0, 0.1) is 18.3 Å². The van der Waals surface area contributed by atoms with E-state index in [1.54, 1.807) is 6.07 Å². The largest absolute Gasteiger partial charge is 0.354 e. The summed E-state index contributed by atoms with van der Waals surface area (Å²) >= 11 is 0. The van der Waals surface area contributed by atoms with Gasteiger partial charge in [0.25, 0.3) is 0 Å². The van der Waals surface area contributed by atoms with Crippen molar-refractivity contribution in [1.82, 2.24) is 14.9 Å². The van der Waals surface area contributed by atoms with Crippen LogP contribution < -0.4 is 4.90 Å². The molecule has 1 aliphatic rings. The summed E-state index contributed by atoms with van der Waals surface area (Å²) < 4.78 is 0. The Morgan fingerprint density at radius 3 is 2.59 bits per heavy atom. The first-order chi connectivity index (χ1) is 8.22. The van der Waals surface area contributed by atoms with Crippen LogP contribution in [-0.2, 0) is 0 Å². The van der Waals surface area contributed by atoms with E-state index in [1.807, 2.05) is 6.92 Å². The molecule has 0 aromatic carbocycles. The molecule has 90 valence electrons. The highest BCUT2D eigenvalue weighted by atomic mass is 15.3. The van der Waals surface area contributed by atoms with Crippen molar-refractivity contribution in [2.45, 2.75) is 13.8 Å². The predicted molar refractivity (Wildman–Crippen MR) is 65.8 cm³/mol. The maximum absolute atomic E-state index is 8.90. The molecule has 0 unspecified atom stereocenters. The number of hydrogen-bond donors (Lipinski definition) is 0. The Hall–Kier alpha value is -1.67. The van der Waals surface area contributed by atoms with Crippen LogP contribution in [0.4, 0.5) is 5.82 Å². The van der Waals surface area contributed by atoms with Crippen molar-refractivity contribution in [3.05, 3.63) is 17.6 Å². The molecule has 1 aromatic heterocycles. The standard InChI is InChI=1S/C12H17N5/c1-3-16-4-6-17(7-5-16)12-8-11(9-13)14-10(2)15-12/h8H,3-7H2,1-2H3. The number of piperazine rings is 1. The van der Waals surface area contributed by atoms with E-state index in [2.05, 4.69) is 32.8 Å². The molecule has 17 heavy (non-hydrogen) atoms. The minimum Gasteiger partial charge on any atom is -0.354 e. The Kier molecular flexibility index (Phi) is 3.55. The fourth-order valence-electron chi connectivity index (χ4n) is 2.06. The van der Waals surface area contributed by atoms with Gasteiger partial charge >= 0.3 is 0 Å². The zero-order valence-electron chi connectivity index (χ0n) is 10.3. The average molecular weight is 231 g/mol. The van der Waals surface area contributed by atoms with E-state index in [1.165, 1.54) is 0 Å². The van der Waals surface area contributed by atoms with Gasteiger partial charge < -0.3 is 9.80 Å². The highest BCUT2D eigenvalue weighted by Gasteiger charge is 2.17. The van der Waals surface area contributed by atoms with Gasteiger partial charge in [0.1, 0.15) is 23.4 Å². The van der Waals surface area contributed by atoms with Crippen molar-refractivity contribution >= 4 is 5.82 Å². The van der Waals surface area contributed by atoms with Crippen molar-refractivity contribution in [3.63, 3.8) is 0 Å². The molecular formula is C12H17N5. The van der Waals surface area contributed by atoms with Gasteiger partial charge in [-0.1, -0.05) is 6.92 Å². The molecule has 5 nitrogen and oxygen atoms in total. The number of hydrogen-bond acceptors (Lipinski definition) is 5. The van der Waals surface area contributed by atoms with Gasteiger partial charge in [0.2, 0.25) is 0 Å². The maximum Gasteiger partial charge on any atom is 0.146 e. The molecule has 0 atom stereocenters. The van der Waals surface area contributed by atoms with E-state index in [9.17, 15) is 0 Å². The summed E-state index contributed by atoms with van der Waals surface area (Å²) in [4.78, 5) is 13.1. The Balaban J connectivity index is 2.13. The third-order valence-electron chi connectivity index (χ3n) is 3.08. The number of nitriles is 1. The first-order valence-corrected chi connectivity index (χ1v) is 5.96. The Morgan fingerprint density at radius 2 is 2.00 bits per heavy atom. The topological polar surface area (TPSA) is 56.0 Å². The SMILES string of the molecule is CCN1CCN(c2cc(C#N)nc(C)n2)CC1. The molecule has 2 heterocycles. The molecule has 2 rings (SSSR count). The van der Waals surface area contributed by atoms with Crippen LogP contribution >= 0.6 is 0 Å². The van der Waals surface area contributed by atoms with Crippen molar-refractivity contribution in [2.24, 2.45) is 0 Å². The van der Waals surface area contributed by atoms with Gasteiger partial charge in [-0.05, 0) is 13.5 Å². The maximum atomic E-state index is 8.90. The van der Waals surface area contributed by atoms with E-state index in [-0.39, 0.29) is 0 Å². The van der Waals surface area contributed by atoms with Crippen LogP contribution in [0.1, 0.15) is 18.4 Å². The van der Waals surface area contributed by atoms with E-state index in [0.717, 1.165) is 38.5 Å². The van der Waals surface area contributed by atoms with Gasteiger partial charge in [0.05, 0.1) is 0 Å². The van der Waals surface area contributed by atoms with Crippen molar-refractivity contribution in [2.75, 3.05) is 37.6 Å². The molecule has 5 heteroatoms. The minimum absolute atomic E-state index is 0.449. The first kappa shape index (κ1) is 11.8. The second-order valence-corrected chi connectivity index (χ2v) is 4.19. The Bertz CT molecular complexity index is 429. The lowest BCUT2D eigenvalue weighted by molar-refractivity contribution is 0.270. The molecule has 0 N–H and O–H groups in total. The number of nitrogens with zero attached hydrogens (tertiary/aromatic N) is 5. The molecule has 0 amide bonds. The summed E-state index contributed by atoms with van der Waals surface area (Å²) in [6.45, 7) is 9.15. The average Bonchev–Trinajstić information content (AvgIpc) is 2.38. The monoisotopic (exact) mass is 231 g/mol. The molecule has 0 saturated carbocycles. The minimum atomic E-state index is 0.449. The molecule has 1 fully saturated rings. The zero-order valence-corrected chi connectivity index (χ0v) is 10.3. The summed E-state index contributed by atoms with van der Waals surface area (Å²) in [5.41, 5.74) is 0.449. The third-order valence-corrected chi connectivity index (χ3v) is 3.08. The second-order valence-electron chi connectivity index (χ2n) is 4.19. The van der Waals surface area contributed by atoms with Crippen molar-refractivity contribution < 1.29 is 0 Å². The molecule has 1 saturated heterocycles. The summed E-state index contributed by atoms with van der Waals surface area (Å²) in [5.74, 6) is 1.54. The first-order valence-electron chi connectivity index (χ1n) is 5.96. The summed E-state index contributed by atoms with van der Waals surface area (Å²) in [7, 11) is 0. The highest BCUT2D eigenvalue weighted by molar-refractivity contribution is 5.43. The molecule has 0 bridgehead atoms. The number of likely N-dealkylation sites (N-methyl/N-ethyl adjacent to an activating group) is 1. The lowest BCUT2D eigenvalue weighted by Crippen LogP contribution is -2.46. The molecule has 0 spiro atoms. The molecule has 1 aromatic rings. The molecular weight excluding hydrogens is 214 g/mol. The summed E-state index contributed by atoms with van der Waals surface area (Å²) in [6.07, 6.45) is 0. The normalized spacial score (nSPS) is 16.9. The van der Waals surface area contributed by atoms with Crippen LogP contribution in [0.5, 0.6) is 0 Å². The van der Waals surface area contributed by atoms with Crippen LogP contribution in [0.2, 0.25) is 0 Å². The van der Waals surface area contributed by atoms with Crippen LogP contribution in [-0.4, -0.2) is 47.6 Å². The number of aromatic nitrogens is 2. The predicted octanol–water partition coefficient (Wildman–Crippen LogP) is 0.799. The molecule has 0 radical (unpaired) electrons. The Morgan fingerprint density at radius 1 is 1.29 bits per heavy atom. The van der Waals surface area contributed by atoms with Crippen molar-refractivity contribution in [3.8, 4) is 6.07 Å². The fourth-order valence-corrected chi connectivity index (χ4v) is 2.06. The summed E-state index contributed by atoms with van der Waals surface area (Å²) in [6, 6.07) is 3.85. The number of aryl methyl sites for hydroxylation is 1. The second kappa shape index (κ2) is 5.11. The smallest absolute Gasteiger partial charge is 0.146 e. The van der Waals surface area contributed by atoms with Crippen LogP contribution in [0.3, 0.4) is 0 Å². The van der Waals surface area contributed by atoms with Gasteiger partial charge in [-0.15, -0.1) is 0 Å². The van der Waals surface area contributed by atoms with Crippen molar-refractivity contribution in [1.29, 1.82) is 5.26 Å². The van der Waals surface area contributed by atoms with Gasteiger partial charge in [-0.3, -0.25) is 0 Å². The Labute approximate surface area is 102 Å². The van der Waals surface area contributed by atoms with Gasteiger partial charge in [-0.2, -0.15) is 5.26 Å². The quantitative estimate of drug-likeness (QED) is 0.753. The lowest BCUT2D eigenvalue weighted by Gasteiger charge is -2.34. The van der Waals surface area contributed by atoms with Gasteiger partial charge in [0.15, 0.2) is 0 Å². The van der Waals surface area contributed by atoms with Gasteiger partial charge in [0, 0.05) is 32.2 Å². The zero-order chi connectivity index (χ0) is 12.3. The van der Waals surface area contributed by atoms with E-state index in [4.69, 9.17) is 5.26 Å². The third kappa shape index (κ3) is 2.71. The van der Waals surface area contributed by atoms with E-state index >= 15 is 0 Å². The van der Waals surface area contributed by atoms with Crippen LogP contribution in [0.15, 0.2) is 6.07 Å². The molecule has 1 aliphatic heterocycles. The number of rotatable bonds is 2.